The van der Waals surface area contributed by atoms with E-state index in [1.54, 1.807) is 12.1 Å². The number of hydrogen-bond donors (Lipinski definition) is 2. The molecular weight excluding hydrogens is 298 g/mol. The molecule has 1 atom stereocenters. The van der Waals surface area contributed by atoms with Crippen LogP contribution in [0.4, 0.5) is 0 Å². The van der Waals surface area contributed by atoms with Crippen molar-refractivity contribution in [2.45, 2.75) is 30.2 Å². The van der Waals surface area contributed by atoms with Crippen LogP contribution in [0.1, 0.15) is 25.3 Å². The van der Waals surface area contributed by atoms with Gasteiger partial charge in [0.2, 0.25) is 10.0 Å². The van der Waals surface area contributed by atoms with Crippen molar-refractivity contribution in [3.63, 3.8) is 0 Å². The number of hydrogen-bond acceptors (Lipinski definition) is 4. The summed E-state index contributed by atoms with van der Waals surface area (Å²) in [4.78, 5) is 0.104. The van der Waals surface area contributed by atoms with Crippen molar-refractivity contribution in [3.05, 3.63) is 29.8 Å². The Morgan fingerprint density at radius 1 is 1.50 bits per heavy atom. The summed E-state index contributed by atoms with van der Waals surface area (Å²) in [5, 5.41) is 8.82. The third-order valence-corrected chi connectivity index (χ3v) is 5.15. The molecule has 2 rings (SSSR count). The zero-order valence-electron chi connectivity index (χ0n) is 11.2. The van der Waals surface area contributed by atoms with Crippen LogP contribution in [0.25, 0.3) is 0 Å². The first-order chi connectivity index (χ1) is 8.91. The maximum atomic E-state index is 12.3. The molecule has 0 aliphatic heterocycles. The molecule has 0 aromatic heterocycles. The molecule has 7 heteroatoms. The van der Waals surface area contributed by atoms with E-state index in [0.717, 1.165) is 12.8 Å². The number of nitrogens with zero attached hydrogens (tertiary/aromatic N) is 1. The van der Waals surface area contributed by atoms with E-state index in [0.29, 0.717) is 11.5 Å². The van der Waals surface area contributed by atoms with Gasteiger partial charge in [-0.1, -0.05) is 6.07 Å². The largest absolute Gasteiger partial charge is 0.329 e. The van der Waals surface area contributed by atoms with E-state index in [-0.39, 0.29) is 23.8 Å². The number of nitriles is 1. The Kier molecular flexibility index (Phi) is 5.16. The molecule has 110 valence electrons. The van der Waals surface area contributed by atoms with Gasteiger partial charge < -0.3 is 5.73 Å². The Morgan fingerprint density at radius 2 is 2.15 bits per heavy atom. The van der Waals surface area contributed by atoms with Crippen LogP contribution in [0.5, 0.6) is 0 Å². The lowest BCUT2D eigenvalue weighted by molar-refractivity contribution is 0.374. The number of nitrogens with two attached hydrogens (primary N) is 1. The molecule has 1 aliphatic rings. The normalized spacial score (nSPS) is 17.6. The van der Waals surface area contributed by atoms with Gasteiger partial charge in [-0.3, -0.25) is 0 Å². The molecule has 0 radical (unpaired) electrons. The van der Waals surface area contributed by atoms with Crippen LogP contribution in [0.15, 0.2) is 29.2 Å². The van der Waals surface area contributed by atoms with Crippen molar-refractivity contribution in [3.8, 4) is 6.07 Å². The number of rotatable bonds is 5. The van der Waals surface area contributed by atoms with Gasteiger partial charge in [0.1, 0.15) is 0 Å². The summed E-state index contributed by atoms with van der Waals surface area (Å²) in [6.07, 6.45) is 1.99. The highest BCUT2D eigenvalue weighted by Gasteiger charge is 2.43. The lowest BCUT2D eigenvalue weighted by Crippen LogP contribution is -2.52. The second-order valence-corrected chi connectivity index (χ2v) is 6.82. The topological polar surface area (TPSA) is 96.0 Å². The summed E-state index contributed by atoms with van der Waals surface area (Å²) >= 11 is 0. The standard InChI is InChI=1S/C13H17N3O2S.ClH/c1-13(9-15,11-5-6-11)16-19(17,18)12-4-2-3-10(7-12)8-14;/h2-4,7,11,16H,5-6,9,15H2,1H3;1H. The summed E-state index contributed by atoms with van der Waals surface area (Å²) in [7, 11) is -3.65. The van der Waals surface area contributed by atoms with Crippen molar-refractivity contribution in [2.24, 2.45) is 11.7 Å². The van der Waals surface area contributed by atoms with Crippen LogP contribution in [0.3, 0.4) is 0 Å². The summed E-state index contributed by atoms with van der Waals surface area (Å²) in [6.45, 7) is 2.09. The fourth-order valence-electron chi connectivity index (χ4n) is 2.11. The van der Waals surface area contributed by atoms with Gasteiger partial charge in [0.25, 0.3) is 0 Å². The van der Waals surface area contributed by atoms with Crippen molar-refractivity contribution in [1.29, 1.82) is 5.26 Å². The smallest absolute Gasteiger partial charge is 0.241 e. The van der Waals surface area contributed by atoms with E-state index in [2.05, 4.69) is 4.72 Å². The number of benzene rings is 1. The van der Waals surface area contributed by atoms with Crippen LogP contribution in [0, 0.1) is 17.2 Å². The molecule has 0 bridgehead atoms. The van der Waals surface area contributed by atoms with E-state index in [9.17, 15) is 8.42 Å². The van der Waals surface area contributed by atoms with Gasteiger partial charge in [-0.25, -0.2) is 13.1 Å². The van der Waals surface area contributed by atoms with Crippen LogP contribution in [-0.2, 0) is 10.0 Å². The Balaban J connectivity index is 0.00000200. The monoisotopic (exact) mass is 315 g/mol. The number of halogens is 1. The van der Waals surface area contributed by atoms with Gasteiger partial charge >= 0.3 is 0 Å². The summed E-state index contributed by atoms with van der Waals surface area (Å²) in [6, 6.07) is 7.91. The highest BCUT2D eigenvalue weighted by atomic mass is 35.5. The Morgan fingerprint density at radius 3 is 2.65 bits per heavy atom. The minimum atomic E-state index is -3.65. The zero-order valence-corrected chi connectivity index (χ0v) is 12.8. The maximum absolute atomic E-state index is 12.3. The Bertz CT molecular complexity index is 623. The van der Waals surface area contributed by atoms with E-state index in [1.807, 2.05) is 13.0 Å². The quantitative estimate of drug-likeness (QED) is 0.858. The molecule has 0 heterocycles. The minimum Gasteiger partial charge on any atom is -0.329 e. The SMILES string of the molecule is CC(CN)(NS(=O)(=O)c1cccc(C#N)c1)C1CC1.Cl. The predicted molar refractivity (Wildman–Crippen MR) is 78.9 cm³/mol. The van der Waals surface area contributed by atoms with Crippen LogP contribution in [0.2, 0.25) is 0 Å². The molecule has 0 saturated heterocycles. The molecule has 0 spiro atoms. The van der Waals surface area contributed by atoms with Crippen molar-refractivity contribution in [2.75, 3.05) is 6.54 Å². The molecule has 1 saturated carbocycles. The van der Waals surface area contributed by atoms with Crippen LogP contribution < -0.4 is 10.5 Å². The molecule has 1 aromatic rings. The fourth-order valence-corrected chi connectivity index (χ4v) is 3.63. The average molecular weight is 316 g/mol. The molecule has 1 fully saturated rings. The van der Waals surface area contributed by atoms with Crippen molar-refractivity contribution >= 4 is 22.4 Å². The molecular formula is C13H18ClN3O2S. The molecule has 0 amide bonds. The van der Waals surface area contributed by atoms with Crippen molar-refractivity contribution < 1.29 is 8.42 Å². The van der Waals surface area contributed by atoms with Crippen molar-refractivity contribution in [1.82, 2.24) is 4.72 Å². The van der Waals surface area contributed by atoms with E-state index in [1.165, 1.54) is 12.1 Å². The molecule has 3 N–H and O–H groups in total. The fraction of sp³-hybridized carbons (Fsp3) is 0.462. The Labute approximate surface area is 125 Å². The highest BCUT2D eigenvalue weighted by molar-refractivity contribution is 7.89. The van der Waals surface area contributed by atoms with Gasteiger partial charge in [0, 0.05) is 12.1 Å². The molecule has 1 aromatic carbocycles. The highest BCUT2D eigenvalue weighted by Crippen LogP contribution is 2.39. The second-order valence-electron chi connectivity index (χ2n) is 5.14. The minimum absolute atomic E-state index is 0. The first-order valence-corrected chi connectivity index (χ1v) is 7.64. The van der Waals surface area contributed by atoms with Gasteiger partial charge in [-0.2, -0.15) is 5.26 Å². The lowest BCUT2D eigenvalue weighted by Gasteiger charge is -2.29. The third-order valence-electron chi connectivity index (χ3n) is 3.54. The van der Waals surface area contributed by atoms with E-state index >= 15 is 0 Å². The first kappa shape index (κ1) is 16.9. The van der Waals surface area contributed by atoms with Gasteiger partial charge in [0.05, 0.1) is 16.5 Å². The van der Waals surface area contributed by atoms with E-state index < -0.39 is 15.6 Å². The van der Waals surface area contributed by atoms with E-state index in [4.69, 9.17) is 11.0 Å². The molecule has 1 aliphatic carbocycles. The molecule has 1 unspecified atom stereocenters. The van der Waals surface area contributed by atoms with Crippen LogP contribution in [-0.4, -0.2) is 20.5 Å². The zero-order chi connectivity index (χ0) is 14.1. The number of nitrogens with one attached hydrogen (secondary N) is 1. The first-order valence-electron chi connectivity index (χ1n) is 6.15. The maximum Gasteiger partial charge on any atom is 0.241 e. The van der Waals surface area contributed by atoms with Gasteiger partial charge in [-0.15, -0.1) is 12.4 Å². The summed E-state index contributed by atoms with van der Waals surface area (Å²) < 4.78 is 27.3. The molecule has 5 nitrogen and oxygen atoms in total. The second kappa shape index (κ2) is 6.10. The van der Waals surface area contributed by atoms with Gasteiger partial charge in [0.15, 0.2) is 0 Å². The van der Waals surface area contributed by atoms with Crippen LogP contribution >= 0.6 is 12.4 Å². The number of sulfonamides is 1. The molecule has 20 heavy (non-hydrogen) atoms. The third kappa shape index (κ3) is 3.49. The lowest BCUT2D eigenvalue weighted by atomic mass is 9.98. The average Bonchev–Trinajstić information content (AvgIpc) is 3.23. The Hall–Kier alpha value is -1.13. The summed E-state index contributed by atoms with van der Waals surface area (Å²) in [5.41, 5.74) is 5.42. The predicted octanol–water partition coefficient (Wildman–Crippen LogP) is 1.39. The van der Waals surface area contributed by atoms with Gasteiger partial charge in [-0.05, 0) is 43.9 Å². The summed E-state index contributed by atoms with van der Waals surface area (Å²) in [5.74, 6) is 0.298.